The first-order valence-electron chi connectivity index (χ1n) is 5.64. The molecule has 0 amide bonds. The Bertz CT molecular complexity index is 260. The van der Waals surface area contributed by atoms with Crippen LogP contribution in [0.4, 0.5) is 0 Å². The molecule has 0 aliphatic rings. The van der Waals surface area contributed by atoms with Gasteiger partial charge in [0.05, 0.1) is 6.61 Å². The Morgan fingerprint density at radius 2 is 2.00 bits per heavy atom. The van der Waals surface area contributed by atoms with E-state index in [1.165, 1.54) is 11.6 Å². The molecule has 0 fully saturated rings. The van der Waals surface area contributed by atoms with Crippen molar-refractivity contribution in [1.82, 2.24) is 0 Å². The van der Waals surface area contributed by atoms with Gasteiger partial charge in [0, 0.05) is 19.1 Å². The number of aliphatic hydroxyl groups is 1. The Hall–Kier alpha value is -1.09. The molecule has 3 heteroatoms. The third-order valence-electron chi connectivity index (χ3n) is 2.00. The fraction of sp³-hybridized carbons (Fsp3) is 0.615. The number of aliphatic hydroxyl groups excluding tert-OH is 1. The van der Waals surface area contributed by atoms with Crippen molar-refractivity contribution in [2.24, 2.45) is 0 Å². The van der Waals surface area contributed by atoms with Gasteiger partial charge in [-0.15, -0.1) is 0 Å². The van der Waals surface area contributed by atoms with Crippen LogP contribution >= 0.6 is 0 Å². The van der Waals surface area contributed by atoms with Gasteiger partial charge in [-0.05, 0) is 33.6 Å². The van der Waals surface area contributed by atoms with Gasteiger partial charge in [-0.2, -0.15) is 0 Å². The normalized spacial score (nSPS) is 11.1. The SMILES string of the molecule is CC(C)=CCC/C(C)=C/C(=O)OCCCO. The Balaban J connectivity index is 3.83. The first kappa shape index (κ1) is 14.9. The lowest BCUT2D eigenvalue weighted by Crippen LogP contribution is -2.04. The average molecular weight is 226 g/mol. The van der Waals surface area contributed by atoms with Crippen LogP contribution in [0, 0.1) is 0 Å². The Kier molecular flexibility index (Phi) is 8.53. The van der Waals surface area contributed by atoms with E-state index in [1.807, 2.05) is 6.92 Å². The number of hydrogen-bond acceptors (Lipinski definition) is 3. The molecule has 0 aromatic heterocycles. The lowest BCUT2D eigenvalue weighted by molar-refractivity contribution is -0.138. The van der Waals surface area contributed by atoms with E-state index < -0.39 is 0 Å². The molecule has 3 nitrogen and oxygen atoms in total. The minimum Gasteiger partial charge on any atom is -0.462 e. The van der Waals surface area contributed by atoms with Crippen LogP contribution in [-0.4, -0.2) is 24.3 Å². The molecule has 1 N–H and O–H groups in total. The molecule has 0 aliphatic carbocycles. The van der Waals surface area contributed by atoms with Crippen LogP contribution < -0.4 is 0 Å². The summed E-state index contributed by atoms with van der Waals surface area (Å²) in [6.45, 7) is 6.38. The molecule has 0 spiro atoms. The number of allylic oxidation sites excluding steroid dienone is 3. The maximum absolute atomic E-state index is 11.2. The fourth-order valence-electron chi connectivity index (χ4n) is 1.14. The van der Waals surface area contributed by atoms with Gasteiger partial charge in [0.1, 0.15) is 0 Å². The molecule has 92 valence electrons. The van der Waals surface area contributed by atoms with Crippen molar-refractivity contribution < 1.29 is 14.6 Å². The highest BCUT2D eigenvalue weighted by Gasteiger charge is 1.98. The summed E-state index contributed by atoms with van der Waals surface area (Å²) in [6, 6.07) is 0. The van der Waals surface area contributed by atoms with Gasteiger partial charge in [0.15, 0.2) is 0 Å². The molecule has 0 atom stereocenters. The van der Waals surface area contributed by atoms with E-state index in [4.69, 9.17) is 9.84 Å². The standard InChI is InChI=1S/C13H22O3/c1-11(2)6-4-7-12(3)10-13(15)16-9-5-8-14/h6,10,14H,4-5,7-9H2,1-3H3/b12-10+. The molecular weight excluding hydrogens is 204 g/mol. The minimum atomic E-state index is -0.317. The number of hydrogen-bond donors (Lipinski definition) is 1. The molecule has 0 radical (unpaired) electrons. The predicted molar refractivity (Wildman–Crippen MR) is 65.1 cm³/mol. The van der Waals surface area contributed by atoms with Gasteiger partial charge in [-0.3, -0.25) is 0 Å². The van der Waals surface area contributed by atoms with Crippen LogP contribution in [0.3, 0.4) is 0 Å². The first-order chi connectivity index (χ1) is 7.56. The molecule has 0 saturated heterocycles. The summed E-state index contributed by atoms with van der Waals surface area (Å²) in [5.74, 6) is -0.317. The monoisotopic (exact) mass is 226 g/mol. The van der Waals surface area contributed by atoms with E-state index in [0.717, 1.165) is 18.4 Å². The Morgan fingerprint density at radius 3 is 2.56 bits per heavy atom. The summed E-state index contributed by atoms with van der Waals surface area (Å²) in [4.78, 5) is 11.2. The molecule has 16 heavy (non-hydrogen) atoms. The lowest BCUT2D eigenvalue weighted by atomic mass is 10.1. The summed E-state index contributed by atoms with van der Waals surface area (Å²) in [6.07, 6.45) is 6.00. The molecule has 0 aliphatic heterocycles. The zero-order valence-corrected chi connectivity index (χ0v) is 10.5. The van der Waals surface area contributed by atoms with Crippen molar-refractivity contribution in [3.8, 4) is 0 Å². The van der Waals surface area contributed by atoms with Crippen molar-refractivity contribution in [3.63, 3.8) is 0 Å². The van der Waals surface area contributed by atoms with Crippen LogP contribution in [0.2, 0.25) is 0 Å². The average Bonchev–Trinajstić information content (AvgIpc) is 2.17. The van der Waals surface area contributed by atoms with E-state index >= 15 is 0 Å². The van der Waals surface area contributed by atoms with Gasteiger partial charge in [0.25, 0.3) is 0 Å². The maximum Gasteiger partial charge on any atom is 0.330 e. The molecule has 0 heterocycles. The summed E-state index contributed by atoms with van der Waals surface area (Å²) in [5.41, 5.74) is 2.31. The van der Waals surface area contributed by atoms with Crippen LogP contribution in [0.15, 0.2) is 23.3 Å². The van der Waals surface area contributed by atoms with Gasteiger partial charge in [0.2, 0.25) is 0 Å². The van der Waals surface area contributed by atoms with Crippen LogP contribution in [0.1, 0.15) is 40.0 Å². The van der Waals surface area contributed by atoms with Gasteiger partial charge in [-0.25, -0.2) is 4.79 Å². The third kappa shape index (κ3) is 9.46. The van der Waals surface area contributed by atoms with Crippen LogP contribution in [0.5, 0.6) is 0 Å². The van der Waals surface area contributed by atoms with E-state index in [1.54, 1.807) is 0 Å². The van der Waals surface area contributed by atoms with Gasteiger partial charge < -0.3 is 9.84 Å². The molecular formula is C13H22O3. The number of esters is 1. The molecule has 0 bridgehead atoms. The van der Waals surface area contributed by atoms with E-state index in [-0.39, 0.29) is 19.2 Å². The van der Waals surface area contributed by atoms with Crippen molar-refractivity contribution in [3.05, 3.63) is 23.3 Å². The topological polar surface area (TPSA) is 46.5 Å². The highest BCUT2D eigenvalue weighted by atomic mass is 16.5. The van der Waals surface area contributed by atoms with Gasteiger partial charge in [-0.1, -0.05) is 17.2 Å². The van der Waals surface area contributed by atoms with Crippen LogP contribution in [-0.2, 0) is 9.53 Å². The second-order valence-electron chi connectivity index (χ2n) is 4.06. The number of carbonyl (C=O) groups excluding carboxylic acids is 1. The lowest BCUT2D eigenvalue weighted by Gasteiger charge is -2.01. The van der Waals surface area contributed by atoms with Crippen molar-refractivity contribution in [1.29, 1.82) is 0 Å². The molecule has 0 aromatic carbocycles. The second-order valence-corrected chi connectivity index (χ2v) is 4.06. The molecule has 0 unspecified atom stereocenters. The zero-order valence-electron chi connectivity index (χ0n) is 10.5. The van der Waals surface area contributed by atoms with E-state index in [9.17, 15) is 4.79 Å². The minimum absolute atomic E-state index is 0.0521. The summed E-state index contributed by atoms with van der Waals surface area (Å²) >= 11 is 0. The Labute approximate surface area is 97.8 Å². The first-order valence-corrected chi connectivity index (χ1v) is 5.64. The zero-order chi connectivity index (χ0) is 12.4. The van der Waals surface area contributed by atoms with Crippen LogP contribution in [0.25, 0.3) is 0 Å². The van der Waals surface area contributed by atoms with Gasteiger partial charge >= 0.3 is 5.97 Å². The highest BCUT2D eigenvalue weighted by molar-refractivity contribution is 5.82. The molecule has 0 rings (SSSR count). The summed E-state index contributed by atoms with van der Waals surface area (Å²) < 4.78 is 4.89. The van der Waals surface area contributed by atoms with Crippen molar-refractivity contribution in [2.45, 2.75) is 40.0 Å². The largest absolute Gasteiger partial charge is 0.462 e. The smallest absolute Gasteiger partial charge is 0.330 e. The van der Waals surface area contributed by atoms with Crippen molar-refractivity contribution in [2.75, 3.05) is 13.2 Å². The van der Waals surface area contributed by atoms with E-state index in [2.05, 4.69) is 19.9 Å². The molecule has 0 saturated carbocycles. The number of ether oxygens (including phenoxy) is 1. The summed E-state index contributed by atoms with van der Waals surface area (Å²) in [5, 5.41) is 8.52. The number of carbonyl (C=O) groups is 1. The highest BCUT2D eigenvalue weighted by Crippen LogP contribution is 2.06. The summed E-state index contributed by atoms with van der Waals surface area (Å²) in [7, 11) is 0. The fourth-order valence-corrected chi connectivity index (χ4v) is 1.14. The maximum atomic E-state index is 11.2. The predicted octanol–water partition coefficient (Wildman–Crippen LogP) is 2.60. The second kappa shape index (κ2) is 9.16. The van der Waals surface area contributed by atoms with Crippen molar-refractivity contribution >= 4 is 5.97 Å². The quantitative estimate of drug-likeness (QED) is 0.314. The van der Waals surface area contributed by atoms with E-state index in [0.29, 0.717) is 6.42 Å². The third-order valence-corrected chi connectivity index (χ3v) is 2.00. The number of rotatable bonds is 7. The molecule has 0 aromatic rings. The Morgan fingerprint density at radius 1 is 1.31 bits per heavy atom.